The van der Waals surface area contributed by atoms with Gasteiger partial charge in [-0.15, -0.1) is 0 Å². The normalized spacial score (nSPS) is 10.3. The fourth-order valence-corrected chi connectivity index (χ4v) is 2.32. The third kappa shape index (κ3) is 4.73. The van der Waals surface area contributed by atoms with Crippen LogP contribution in [0.15, 0.2) is 41.0 Å². The van der Waals surface area contributed by atoms with Crippen LogP contribution >= 0.6 is 15.9 Å². The molecule has 1 amide bonds. The minimum Gasteiger partial charge on any atom is -0.451 e. The molecule has 1 aromatic heterocycles. The number of halogens is 1. The van der Waals surface area contributed by atoms with Gasteiger partial charge in [-0.25, -0.2) is 4.79 Å². The summed E-state index contributed by atoms with van der Waals surface area (Å²) in [5.41, 5.74) is 2.69. The van der Waals surface area contributed by atoms with Crippen LogP contribution in [0, 0.1) is 6.92 Å². The predicted molar refractivity (Wildman–Crippen MR) is 86.7 cm³/mol. The Morgan fingerprint density at radius 2 is 2.09 bits per heavy atom. The standard InChI is InChI=1S/C16H17BrN2O3/c1-11-4-2-3-5-12(11)6-7-18-15(20)10-22-16(21)14-8-13(17)9-19-14/h2-5,8-9,19H,6-7,10H2,1H3,(H,18,20). The summed E-state index contributed by atoms with van der Waals surface area (Å²) in [4.78, 5) is 26.0. The fourth-order valence-electron chi connectivity index (χ4n) is 1.97. The molecule has 0 aliphatic heterocycles. The molecule has 1 heterocycles. The number of hydrogen-bond acceptors (Lipinski definition) is 3. The number of H-pyrrole nitrogens is 1. The molecule has 0 atom stereocenters. The van der Waals surface area contributed by atoms with E-state index in [1.807, 2.05) is 31.2 Å². The number of carbonyl (C=O) groups is 2. The van der Waals surface area contributed by atoms with Crippen molar-refractivity contribution in [3.8, 4) is 0 Å². The Morgan fingerprint density at radius 1 is 1.32 bits per heavy atom. The van der Waals surface area contributed by atoms with E-state index >= 15 is 0 Å². The summed E-state index contributed by atoms with van der Waals surface area (Å²) in [6.07, 6.45) is 2.37. The molecule has 0 fully saturated rings. The number of aryl methyl sites for hydroxylation is 1. The van der Waals surface area contributed by atoms with E-state index in [0.29, 0.717) is 12.2 Å². The molecule has 0 saturated carbocycles. The van der Waals surface area contributed by atoms with Crippen LogP contribution in [0.2, 0.25) is 0 Å². The molecule has 5 nitrogen and oxygen atoms in total. The number of amides is 1. The van der Waals surface area contributed by atoms with Crippen molar-refractivity contribution < 1.29 is 14.3 Å². The average Bonchev–Trinajstić information content (AvgIpc) is 2.93. The van der Waals surface area contributed by atoms with Crippen molar-refractivity contribution in [2.45, 2.75) is 13.3 Å². The van der Waals surface area contributed by atoms with Crippen LogP contribution in [0.1, 0.15) is 21.6 Å². The van der Waals surface area contributed by atoms with E-state index in [1.165, 1.54) is 11.1 Å². The first kappa shape index (κ1) is 16.3. The smallest absolute Gasteiger partial charge is 0.355 e. The van der Waals surface area contributed by atoms with Crippen LogP contribution in [0.25, 0.3) is 0 Å². The molecule has 0 bridgehead atoms. The molecule has 1 aromatic carbocycles. The third-order valence-corrected chi connectivity index (χ3v) is 3.64. The summed E-state index contributed by atoms with van der Waals surface area (Å²) in [7, 11) is 0. The number of rotatable bonds is 6. The molecule has 2 N–H and O–H groups in total. The summed E-state index contributed by atoms with van der Waals surface area (Å²) >= 11 is 3.22. The highest BCUT2D eigenvalue weighted by Crippen LogP contribution is 2.11. The zero-order valence-electron chi connectivity index (χ0n) is 12.2. The summed E-state index contributed by atoms with van der Waals surface area (Å²) in [6.45, 7) is 2.26. The molecule has 0 unspecified atom stereocenters. The molecule has 116 valence electrons. The maximum Gasteiger partial charge on any atom is 0.355 e. The van der Waals surface area contributed by atoms with E-state index in [4.69, 9.17) is 4.74 Å². The Morgan fingerprint density at radius 3 is 2.77 bits per heavy atom. The molecule has 6 heteroatoms. The maximum atomic E-state index is 11.7. The average molecular weight is 365 g/mol. The van der Waals surface area contributed by atoms with Gasteiger partial charge in [0, 0.05) is 17.2 Å². The van der Waals surface area contributed by atoms with Gasteiger partial charge in [0.25, 0.3) is 5.91 Å². The SMILES string of the molecule is Cc1ccccc1CCNC(=O)COC(=O)c1cc(Br)c[nH]1. The number of benzene rings is 1. The summed E-state index contributed by atoms with van der Waals surface area (Å²) in [6, 6.07) is 9.62. The van der Waals surface area contributed by atoms with Crippen LogP contribution in [0.5, 0.6) is 0 Å². The lowest BCUT2D eigenvalue weighted by Crippen LogP contribution is -2.30. The van der Waals surface area contributed by atoms with Crippen molar-refractivity contribution >= 4 is 27.8 Å². The summed E-state index contributed by atoms with van der Waals surface area (Å²) < 4.78 is 5.68. The largest absolute Gasteiger partial charge is 0.451 e. The van der Waals surface area contributed by atoms with Crippen molar-refractivity contribution in [2.24, 2.45) is 0 Å². The Labute approximate surface area is 137 Å². The second-order valence-corrected chi connectivity index (χ2v) is 5.75. The van der Waals surface area contributed by atoms with Gasteiger partial charge in [0.15, 0.2) is 6.61 Å². The number of aromatic nitrogens is 1. The first-order chi connectivity index (χ1) is 10.6. The molecule has 2 rings (SSSR count). The van der Waals surface area contributed by atoms with Crippen molar-refractivity contribution in [3.05, 3.63) is 57.8 Å². The van der Waals surface area contributed by atoms with E-state index in [2.05, 4.69) is 26.2 Å². The third-order valence-electron chi connectivity index (χ3n) is 3.18. The quantitative estimate of drug-likeness (QED) is 0.773. The Balaban J connectivity index is 1.70. The first-order valence-electron chi connectivity index (χ1n) is 6.88. The van der Waals surface area contributed by atoms with Gasteiger partial charge in [0.1, 0.15) is 5.69 Å². The number of nitrogens with one attached hydrogen (secondary N) is 2. The Kier molecular flexibility index (Phi) is 5.77. The molecule has 0 spiro atoms. The monoisotopic (exact) mass is 364 g/mol. The molecule has 2 aromatic rings. The van der Waals surface area contributed by atoms with E-state index in [9.17, 15) is 9.59 Å². The van der Waals surface area contributed by atoms with Crippen molar-refractivity contribution in [1.82, 2.24) is 10.3 Å². The molecule has 22 heavy (non-hydrogen) atoms. The molecule has 0 radical (unpaired) electrons. The van der Waals surface area contributed by atoms with Gasteiger partial charge in [0.05, 0.1) is 0 Å². The minimum atomic E-state index is -0.556. The minimum absolute atomic E-state index is 0.288. The molecular weight excluding hydrogens is 348 g/mol. The molecule has 0 aliphatic carbocycles. The van der Waals surface area contributed by atoms with Gasteiger partial charge in [-0.05, 0) is 46.5 Å². The van der Waals surface area contributed by atoms with Gasteiger partial charge in [-0.2, -0.15) is 0 Å². The lowest BCUT2D eigenvalue weighted by Gasteiger charge is -2.07. The van der Waals surface area contributed by atoms with Crippen LogP contribution in [0.4, 0.5) is 0 Å². The van der Waals surface area contributed by atoms with Crippen molar-refractivity contribution in [2.75, 3.05) is 13.2 Å². The van der Waals surface area contributed by atoms with Crippen molar-refractivity contribution in [1.29, 1.82) is 0 Å². The molecule has 0 saturated heterocycles. The number of esters is 1. The maximum absolute atomic E-state index is 11.7. The van der Waals surface area contributed by atoms with Gasteiger partial charge in [0.2, 0.25) is 0 Å². The fraction of sp³-hybridized carbons (Fsp3) is 0.250. The predicted octanol–water partition coefficient (Wildman–Crippen LogP) is 2.60. The Bertz CT molecular complexity index is 667. The first-order valence-corrected chi connectivity index (χ1v) is 7.68. The van der Waals surface area contributed by atoms with Gasteiger partial charge in [-0.1, -0.05) is 24.3 Å². The van der Waals surface area contributed by atoms with E-state index in [1.54, 1.807) is 12.3 Å². The highest BCUT2D eigenvalue weighted by molar-refractivity contribution is 9.10. The molecular formula is C16H17BrN2O3. The van der Waals surface area contributed by atoms with Crippen LogP contribution < -0.4 is 5.32 Å². The van der Waals surface area contributed by atoms with E-state index in [-0.39, 0.29) is 12.5 Å². The number of aromatic amines is 1. The van der Waals surface area contributed by atoms with Crippen LogP contribution in [-0.2, 0) is 16.0 Å². The van der Waals surface area contributed by atoms with Gasteiger partial charge >= 0.3 is 5.97 Å². The topological polar surface area (TPSA) is 71.2 Å². The van der Waals surface area contributed by atoms with E-state index in [0.717, 1.165) is 10.9 Å². The highest BCUT2D eigenvalue weighted by atomic mass is 79.9. The number of ether oxygens (including phenoxy) is 1. The second-order valence-electron chi connectivity index (χ2n) is 4.83. The number of hydrogen-bond donors (Lipinski definition) is 2. The van der Waals surface area contributed by atoms with Crippen LogP contribution in [0.3, 0.4) is 0 Å². The van der Waals surface area contributed by atoms with Crippen molar-refractivity contribution in [3.63, 3.8) is 0 Å². The second kappa shape index (κ2) is 7.79. The number of carbonyl (C=O) groups excluding carboxylic acids is 2. The van der Waals surface area contributed by atoms with E-state index < -0.39 is 5.97 Å². The summed E-state index contributed by atoms with van der Waals surface area (Å²) in [5.74, 6) is -0.868. The molecule has 0 aliphatic rings. The Hall–Kier alpha value is -2.08. The van der Waals surface area contributed by atoms with Gasteiger partial charge < -0.3 is 15.0 Å². The lowest BCUT2D eigenvalue weighted by atomic mass is 10.1. The summed E-state index contributed by atoms with van der Waals surface area (Å²) in [5, 5.41) is 2.73. The zero-order chi connectivity index (χ0) is 15.9. The zero-order valence-corrected chi connectivity index (χ0v) is 13.8. The lowest BCUT2D eigenvalue weighted by molar-refractivity contribution is -0.124. The van der Waals surface area contributed by atoms with Crippen LogP contribution in [-0.4, -0.2) is 30.0 Å². The highest BCUT2D eigenvalue weighted by Gasteiger charge is 2.11. The van der Waals surface area contributed by atoms with Gasteiger partial charge in [-0.3, -0.25) is 4.79 Å².